The second kappa shape index (κ2) is 6.97. The van der Waals surface area contributed by atoms with E-state index in [9.17, 15) is 4.79 Å². The highest BCUT2D eigenvalue weighted by molar-refractivity contribution is 9.10. The van der Waals surface area contributed by atoms with Gasteiger partial charge in [-0.15, -0.1) is 0 Å². The second-order valence-electron chi connectivity index (χ2n) is 3.59. The fourth-order valence-electron chi connectivity index (χ4n) is 1.56. The van der Waals surface area contributed by atoms with Crippen molar-refractivity contribution in [1.29, 1.82) is 5.26 Å². The second-order valence-corrected chi connectivity index (χ2v) is 4.51. The third-order valence-electron chi connectivity index (χ3n) is 2.48. The van der Waals surface area contributed by atoms with Crippen LogP contribution < -0.4 is 5.32 Å². The van der Waals surface area contributed by atoms with Gasteiger partial charge in [0.15, 0.2) is 0 Å². The maximum Gasteiger partial charge on any atom is 0.257 e. The lowest BCUT2D eigenvalue weighted by atomic mass is 10.2. The number of nitrogens with zero attached hydrogens (tertiary/aromatic N) is 3. The summed E-state index contributed by atoms with van der Waals surface area (Å²) in [5.41, 5.74) is 0.506. The van der Waals surface area contributed by atoms with E-state index in [1.54, 1.807) is 24.2 Å². The molecule has 0 radical (unpaired) electrons. The minimum Gasteiger partial charge on any atom is -0.372 e. The number of pyridine rings is 1. The zero-order chi connectivity index (χ0) is 13.5. The summed E-state index contributed by atoms with van der Waals surface area (Å²) in [5, 5.41) is 11.5. The molecule has 0 aliphatic carbocycles. The maximum atomic E-state index is 12.3. The van der Waals surface area contributed by atoms with E-state index in [4.69, 9.17) is 5.26 Å². The van der Waals surface area contributed by atoms with Gasteiger partial charge in [0.25, 0.3) is 5.91 Å². The standard InChI is InChI=1S/C12H15BrN4O/c1-3-17(6-4-5-14)12(18)10-7-9(13)8-16-11(10)15-2/h7-8H,3-4,6H2,1-2H3,(H,15,16). The van der Waals surface area contributed by atoms with Crippen LogP contribution in [0.4, 0.5) is 5.82 Å². The van der Waals surface area contributed by atoms with Gasteiger partial charge in [0.05, 0.1) is 18.1 Å². The summed E-state index contributed by atoms with van der Waals surface area (Å²) in [6.45, 7) is 2.89. The third kappa shape index (κ3) is 3.44. The van der Waals surface area contributed by atoms with Gasteiger partial charge in [-0.2, -0.15) is 5.26 Å². The number of hydrogen-bond acceptors (Lipinski definition) is 4. The molecule has 0 atom stereocenters. The normalized spacial score (nSPS) is 9.67. The molecule has 6 heteroatoms. The van der Waals surface area contributed by atoms with Crippen LogP contribution in [-0.2, 0) is 0 Å². The van der Waals surface area contributed by atoms with Crippen molar-refractivity contribution in [2.75, 3.05) is 25.5 Å². The number of carbonyl (C=O) groups excluding carboxylic acids is 1. The Hall–Kier alpha value is -1.61. The number of anilines is 1. The Labute approximate surface area is 115 Å². The number of nitriles is 1. The Bertz CT molecular complexity index is 470. The first kappa shape index (κ1) is 14.5. The number of amides is 1. The molecule has 18 heavy (non-hydrogen) atoms. The van der Waals surface area contributed by atoms with Crippen molar-refractivity contribution in [1.82, 2.24) is 9.88 Å². The smallest absolute Gasteiger partial charge is 0.257 e. The highest BCUT2D eigenvalue weighted by Crippen LogP contribution is 2.19. The molecule has 1 aromatic rings. The molecule has 0 bridgehead atoms. The predicted molar refractivity (Wildman–Crippen MR) is 73.3 cm³/mol. The van der Waals surface area contributed by atoms with E-state index in [1.807, 2.05) is 13.0 Å². The van der Waals surface area contributed by atoms with Crippen LogP contribution in [0.3, 0.4) is 0 Å². The summed E-state index contributed by atoms with van der Waals surface area (Å²) in [5.74, 6) is 0.421. The quantitative estimate of drug-likeness (QED) is 0.905. The Balaban J connectivity index is 3.00. The van der Waals surface area contributed by atoms with Crippen LogP contribution in [0.2, 0.25) is 0 Å². The minimum atomic E-state index is -0.120. The Morgan fingerprint density at radius 1 is 1.67 bits per heavy atom. The topological polar surface area (TPSA) is 69.0 Å². The maximum absolute atomic E-state index is 12.3. The summed E-state index contributed by atoms with van der Waals surface area (Å²) >= 11 is 3.30. The molecule has 0 fully saturated rings. The van der Waals surface area contributed by atoms with Gasteiger partial charge in [-0.05, 0) is 28.9 Å². The van der Waals surface area contributed by atoms with E-state index >= 15 is 0 Å². The van der Waals surface area contributed by atoms with Gasteiger partial charge < -0.3 is 10.2 Å². The minimum absolute atomic E-state index is 0.120. The van der Waals surface area contributed by atoms with Crippen LogP contribution in [-0.4, -0.2) is 35.9 Å². The molecule has 0 aliphatic heterocycles. The summed E-state index contributed by atoms with van der Waals surface area (Å²) < 4.78 is 0.751. The fourth-order valence-corrected chi connectivity index (χ4v) is 1.89. The molecule has 0 unspecified atom stereocenters. The van der Waals surface area contributed by atoms with E-state index in [-0.39, 0.29) is 5.91 Å². The van der Waals surface area contributed by atoms with Crippen LogP contribution >= 0.6 is 15.9 Å². The number of carbonyl (C=O) groups is 1. The highest BCUT2D eigenvalue weighted by Gasteiger charge is 2.18. The Kier molecular flexibility index (Phi) is 5.59. The number of aromatic nitrogens is 1. The molecule has 0 saturated heterocycles. The Morgan fingerprint density at radius 2 is 2.39 bits per heavy atom. The van der Waals surface area contributed by atoms with Gasteiger partial charge in [0.2, 0.25) is 0 Å². The van der Waals surface area contributed by atoms with Crippen LogP contribution in [0, 0.1) is 11.3 Å². The lowest BCUT2D eigenvalue weighted by molar-refractivity contribution is 0.0768. The first-order valence-corrected chi connectivity index (χ1v) is 6.42. The molecule has 1 heterocycles. The first-order chi connectivity index (χ1) is 8.63. The molecular weight excluding hydrogens is 296 g/mol. The van der Waals surface area contributed by atoms with E-state index in [2.05, 4.69) is 26.2 Å². The zero-order valence-corrected chi connectivity index (χ0v) is 12.0. The molecule has 5 nitrogen and oxygen atoms in total. The number of hydrogen-bond donors (Lipinski definition) is 1. The zero-order valence-electron chi connectivity index (χ0n) is 10.4. The van der Waals surface area contributed by atoms with Crippen molar-refractivity contribution in [3.8, 4) is 6.07 Å². The van der Waals surface area contributed by atoms with Crippen LogP contribution in [0.25, 0.3) is 0 Å². The van der Waals surface area contributed by atoms with E-state index in [0.717, 1.165) is 4.47 Å². The van der Waals surface area contributed by atoms with Crippen LogP contribution in [0.15, 0.2) is 16.7 Å². The molecule has 0 aliphatic rings. The van der Waals surface area contributed by atoms with Gasteiger partial charge in [0.1, 0.15) is 5.82 Å². The molecule has 1 aromatic heterocycles. The van der Waals surface area contributed by atoms with Gasteiger partial charge in [0, 0.05) is 30.8 Å². The number of nitrogens with one attached hydrogen (secondary N) is 1. The Morgan fingerprint density at radius 3 is 2.94 bits per heavy atom. The molecule has 1 amide bonds. The van der Waals surface area contributed by atoms with Crippen molar-refractivity contribution < 1.29 is 4.79 Å². The molecule has 1 rings (SSSR count). The van der Waals surface area contributed by atoms with Gasteiger partial charge >= 0.3 is 0 Å². The fraction of sp³-hybridized carbons (Fsp3) is 0.417. The van der Waals surface area contributed by atoms with Gasteiger partial charge in [-0.3, -0.25) is 4.79 Å². The summed E-state index contributed by atoms with van der Waals surface area (Å²) in [6, 6.07) is 3.78. The molecule has 0 saturated carbocycles. The van der Waals surface area contributed by atoms with Crippen molar-refractivity contribution >= 4 is 27.7 Å². The summed E-state index contributed by atoms with van der Waals surface area (Å²) in [6.07, 6.45) is 1.96. The highest BCUT2D eigenvalue weighted by atomic mass is 79.9. The lowest BCUT2D eigenvalue weighted by Gasteiger charge is -2.20. The van der Waals surface area contributed by atoms with Crippen LogP contribution in [0.5, 0.6) is 0 Å². The monoisotopic (exact) mass is 310 g/mol. The number of halogens is 1. The van der Waals surface area contributed by atoms with Crippen molar-refractivity contribution in [3.05, 3.63) is 22.3 Å². The first-order valence-electron chi connectivity index (χ1n) is 5.63. The number of rotatable bonds is 5. The summed E-state index contributed by atoms with van der Waals surface area (Å²) in [7, 11) is 1.72. The lowest BCUT2D eigenvalue weighted by Crippen LogP contribution is -2.32. The molecule has 1 N–H and O–H groups in total. The van der Waals surface area contributed by atoms with Crippen molar-refractivity contribution in [3.63, 3.8) is 0 Å². The van der Waals surface area contributed by atoms with Crippen molar-refractivity contribution in [2.24, 2.45) is 0 Å². The van der Waals surface area contributed by atoms with Crippen LogP contribution in [0.1, 0.15) is 23.7 Å². The molecule has 0 aromatic carbocycles. The molecular formula is C12H15BrN4O. The average Bonchev–Trinajstić information content (AvgIpc) is 2.39. The summed E-state index contributed by atoms with van der Waals surface area (Å²) in [4.78, 5) is 18.1. The van der Waals surface area contributed by atoms with E-state index in [0.29, 0.717) is 30.9 Å². The predicted octanol–water partition coefficient (Wildman–Crippen LogP) is 2.26. The molecule has 0 spiro atoms. The average molecular weight is 311 g/mol. The van der Waals surface area contributed by atoms with E-state index in [1.165, 1.54) is 0 Å². The van der Waals surface area contributed by atoms with Gasteiger partial charge in [-0.1, -0.05) is 0 Å². The SMILES string of the molecule is CCN(CCC#N)C(=O)c1cc(Br)cnc1NC. The van der Waals surface area contributed by atoms with Gasteiger partial charge in [-0.25, -0.2) is 4.98 Å². The van der Waals surface area contributed by atoms with E-state index < -0.39 is 0 Å². The van der Waals surface area contributed by atoms with Crippen molar-refractivity contribution in [2.45, 2.75) is 13.3 Å². The third-order valence-corrected chi connectivity index (χ3v) is 2.92. The molecule has 96 valence electrons. The largest absolute Gasteiger partial charge is 0.372 e.